The van der Waals surface area contributed by atoms with Gasteiger partial charge in [-0.3, -0.25) is 0 Å². The third kappa shape index (κ3) is 2.59. The molecule has 4 nitrogen and oxygen atoms in total. The highest BCUT2D eigenvalue weighted by Crippen LogP contribution is 2.16. The van der Waals surface area contributed by atoms with Crippen LogP contribution in [0.15, 0.2) is 18.2 Å². The third-order valence-corrected chi connectivity index (χ3v) is 1.92. The Hall–Kier alpha value is -1.85. The maximum absolute atomic E-state index is 12.8. The molecule has 0 spiro atoms. The van der Waals surface area contributed by atoms with Crippen molar-refractivity contribution in [2.75, 3.05) is 13.2 Å². The monoisotopic (exact) mass is 230 g/mol. The van der Waals surface area contributed by atoms with Gasteiger partial charge in [-0.2, -0.15) is 0 Å². The summed E-state index contributed by atoms with van der Waals surface area (Å²) in [6.45, 7) is 0.0747. The van der Waals surface area contributed by atoms with E-state index in [1.165, 1.54) is 0 Å². The molecule has 0 radical (unpaired) electrons. The van der Waals surface area contributed by atoms with E-state index in [1.54, 1.807) is 0 Å². The fourth-order valence-corrected chi connectivity index (χ4v) is 1.25. The van der Waals surface area contributed by atoms with Crippen LogP contribution in [0.2, 0.25) is 0 Å². The van der Waals surface area contributed by atoms with Gasteiger partial charge in [0.25, 0.3) is 0 Å². The zero-order valence-electron chi connectivity index (χ0n) is 8.11. The summed E-state index contributed by atoms with van der Waals surface area (Å²) in [5.41, 5.74) is 0. The number of halogens is 2. The minimum atomic E-state index is -0.765. The molecule has 86 valence electrons. The van der Waals surface area contributed by atoms with Crippen molar-refractivity contribution in [1.29, 1.82) is 0 Å². The minimum Gasteiger partial charge on any atom is -0.489 e. The van der Waals surface area contributed by atoms with Crippen molar-refractivity contribution in [3.05, 3.63) is 29.8 Å². The molecule has 1 heterocycles. The van der Waals surface area contributed by atoms with Crippen LogP contribution in [-0.4, -0.2) is 25.5 Å². The first kappa shape index (κ1) is 10.7. The van der Waals surface area contributed by atoms with Crippen molar-refractivity contribution in [2.24, 2.45) is 0 Å². The molecule has 1 aromatic carbocycles. The van der Waals surface area contributed by atoms with E-state index in [-0.39, 0.29) is 19.0 Å². The van der Waals surface area contributed by atoms with Crippen LogP contribution in [0, 0.1) is 11.6 Å². The molecule has 1 aliphatic rings. The summed E-state index contributed by atoms with van der Waals surface area (Å²) in [4.78, 5) is 10.6. The second-order valence-corrected chi connectivity index (χ2v) is 3.22. The van der Waals surface area contributed by atoms with Crippen LogP contribution in [0.1, 0.15) is 0 Å². The van der Waals surface area contributed by atoms with Gasteiger partial charge in [-0.25, -0.2) is 13.6 Å². The van der Waals surface area contributed by atoms with Gasteiger partial charge < -0.3 is 14.2 Å². The summed E-state index contributed by atoms with van der Waals surface area (Å²) in [5, 5.41) is 0. The van der Waals surface area contributed by atoms with Crippen LogP contribution in [0.5, 0.6) is 5.75 Å². The van der Waals surface area contributed by atoms with E-state index in [4.69, 9.17) is 4.74 Å². The number of hydrogen-bond acceptors (Lipinski definition) is 4. The lowest BCUT2D eigenvalue weighted by Gasteiger charge is -2.09. The molecule has 0 aliphatic carbocycles. The molecule has 0 bridgehead atoms. The quantitative estimate of drug-likeness (QED) is 0.743. The Labute approximate surface area is 89.7 Å². The van der Waals surface area contributed by atoms with E-state index in [9.17, 15) is 13.6 Å². The van der Waals surface area contributed by atoms with Crippen LogP contribution < -0.4 is 4.74 Å². The van der Waals surface area contributed by atoms with E-state index >= 15 is 0 Å². The topological polar surface area (TPSA) is 44.8 Å². The summed E-state index contributed by atoms with van der Waals surface area (Å²) in [6, 6.07) is 2.83. The number of benzene rings is 1. The fraction of sp³-hybridized carbons (Fsp3) is 0.300. The van der Waals surface area contributed by atoms with Gasteiger partial charge in [-0.05, 0) is 0 Å². The highest BCUT2D eigenvalue weighted by atomic mass is 19.1. The van der Waals surface area contributed by atoms with E-state index in [0.29, 0.717) is 0 Å². The fourth-order valence-electron chi connectivity index (χ4n) is 1.25. The Morgan fingerprint density at radius 2 is 2.00 bits per heavy atom. The molecule has 1 aliphatic heterocycles. The van der Waals surface area contributed by atoms with Crippen LogP contribution in [0.3, 0.4) is 0 Å². The summed E-state index contributed by atoms with van der Waals surface area (Å²) in [6.07, 6.45) is -1.31. The maximum Gasteiger partial charge on any atom is 0.508 e. The Balaban J connectivity index is 1.91. The predicted molar refractivity (Wildman–Crippen MR) is 48.1 cm³/mol. The standard InChI is InChI=1S/C10H8F2O4/c11-6-1-7(12)3-8(2-6)14-4-9-5-15-10(13)16-9/h1-3,9H,4-5H2. The smallest absolute Gasteiger partial charge is 0.489 e. The molecular formula is C10H8F2O4. The van der Waals surface area contributed by atoms with Crippen molar-refractivity contribution >= 4 is 6.16 Å². The van der Waals surface area contributed by atoms with Crippen LogP contribution in [0.4, 0.5) is 13.6 Å². The van der Waals surface area contributed by atoms with Crippen LogP contribution in [-0.2, 0) is 9.47 Å². The van der Waals surface area contributed by atoms with Crippen molar-refractivity contribution in [2.45, 2.75) is 6.10 Å². The Morgan fingerprint density at radius 3 is 2.56 bits per heavy atom. The Kier molecular flexibility index (Phi) is 2.89. The van der Waals surface area contributed by atoms with Gasteiger partial charge in [0.05, 0.1) is 0 Å². The first-order valence-corrected chi connectivity index (χ1v) is 4.56. The molecule has 1 fully saturated rings. The Bertz CT molecular complexity index is 388. The molecule has 6 heteroatoms. The minimum absolute atomic E-state index is 0.00532. The molecule has 0 saturated carbocycles. The summed E-state index contributed by atoms with van der Waals surface area (Å²) in [5.74, 6) is -1.41. The molecule has 0 N–H and O–H groups in total. The average Bonchev–Trinajstić information content (AvgIpc) is 2.60. The number of cyclic esters (lactones) is 2. The number of rotatable bonds is 3. The van der Waals surface area contributed by atoms with Crippen molar-refractivity contribution in [3.63, 3.8) is 0 Å². The zero-order valence-corrected chi connectivity index (χ0v) is 8.11. The predicted octanol–water partition coefficient (Wildman–Crippen LogP) is 1.88. The first-order valence-electron chi connectivity index (χ1n) is 4.56. The molecular weight excluding hydrogens is 222 g/mol. The number of hydrogen-bond donors (Lipinski definition) is 0. The molecule has 1 atom stereocenters. The second-order valence-electron chi connectivity index (χ2n) is 3.22. The van der Waals surface area contributed by atoms with Gasteiger partial charge in [0, 0.05) is 18.2 Å². The summed E-state index contributed by atoms with van der Waals surface area (Å²) < 4.78 is 39.8. The lowest BCUT2D eigenvalue weighted by atomic mass is 10.3. The van der Waals surface area contributed by atoms with Gasteiger partial charge in [0.15, 0.2) is 6.10 Å². The zero-order chi connectivity index (χ0) is 11.5. The van der Waals surface area contributed by atoms with Gasteiger partial charge >= 0.3 is 6.16 Å². The molecule has 1 saturated heterocycles. The average molecular weight is 230 g/mol. The van der Waals surface area contributed by atoms with E-state index in [2.05, 4.69) is 9.47 Å². The summed E-state index contributed by atoms with van der Waals surface area (Å²) in [7, 11) is 0. The van der Waals surface area contributed by atoms with Crippen molar-refractivity contribution in [1.82, 2.24) is 0 Å². The molecule has 0 aromatic heterocycles. The number of ether oxygens (including phenoxy) is 3. The van der Waals surface area contributed by atoms with Crippen molar-refractivity contribution in [3.8, 4) is 5.75 Å². The lowest BCUT2D eigenvalue weighted by Crippen LogP contribution is -2.20. The maximum atomic E-state index is 12.8. The van der Waals surface area contributed by atoms with E-state index < -0.39 is 23.9 Å². The van der Waals surface area contributed by atoms with Crippen molar-refractivity contribution < 1.29 is 27.8 Å². The van der Waals surface area contributed by atoms with Gasteiger partial charge in [-0.15, -0.1) is 0 Å². The van der Waals surface area contributed by atoms with E-state index in [0.717, 1.165) is 18.2 Å². The van der Waals surface area contributed by atoms with Gasteiger partial charge in [-0.1, -0.05) is 0 Å². The highest BCUT2D eigenvalue weighted by Gasteiger charge is 2.25. The normalized spacial score (nSPS) is 19.1. The van der Waals surface area contributed by atoms with Gasteiger partial charge in [0.2, 0.25) is 0 Å². The molecule has 1 unspecified atom stereocenters. The highest BCUT2D eigenvalue weighted by molar-refractivity contribution is 5.61. The molecule has 1 aromatic rings. The van der Waals surface area contributed by atoms with Crippen LogP contribution >= 0.6 is 0 Å². The first-order chi connectivity index (χ1) is 7.63. The lowest BCUT2D eigenvalue weighted by molar-refractivity contribution is 0.0981. The number of carbonyl (C=O) groups is 1. The largest absolute Gasteiger partial charge is 0.508 e. The molecule has 0 amide bonds. The SMILES string of the molecule is O=C1OCC(COc2cc(F)cc(F)c2)O1. The molecule has 2 rings (SSSR count). The van der Waals surface area contributed by atoms with E-state index in [1.807, 2.05) is 0 Å². The summed E-state index contributed by atoms with van der Waals surface area (Å²) >= 11 is 0. The van der Waals surface area contributed by atoms with Crippen LogP contribution in [0.25, 0.3) is 0 Å². The number of carbonyl (C=O) groups excluding carboxylic acids is 1. The Morgan fingerprint density at radius 1 is 1.31 bits per heavy atom. The van der Waals surface area contributed by atoms with Gasteiger partial charge in [0.1, 0.15) is 30.6 Å². The third-order valence-electron chi connectivity index (χ3n) is 1.92. The second kappa shape index (κ2) is 4.34. The molecule has 16 heavy (non-hydrogen) atoms.